The molecule has 4 heteroatoms. The number of hydrogen-bond donors (Lipinski definition) is 0. The molecular formula is C14H22ClN3. The predicted molar refractivity (Wildman–Crippen MR) is 75.8 cm³/mol. The van der Waals surface area contributed by atoms with Gasteiger partial charge in [0.15, 0.2) is 0 Å². The molecule has 0 amide bonds. The second-order valence-electron chi connectivity index (χ2n) is 5.41. The van der Waals surface area contributed by atoms with Crippen molar-refractivity contribution in [1.29, 1.82) is 0 Å². The molecule has 1 aromatic rings. The van der Waals surface area contributed by atoms with E-state index in [4.69, 9.17) is 11.6 Å². The Kier molecular flexibility index (Phi) is 4.98. The van der Waals surface area contributed by atoms with Gasteiger partial charge in [-0.15, -0.1) is 0 Å². The zero-order chi connectivity index (χ0) is 13.0. The third-order valence-corrected chi connectivity index (χ3v) is 3.85. The third-order valence-electron chi connectivity index (χ3n) is 3.62. The molecule has 0 N–H and O–H groups in total. The van der Waals surface area contributed by atoms with Gasteiger partial charge in [0.1, 0.15) is 0 Å². The van der Waals surface area contributed by atoms with E-state index in [0.29, 0.717) is 0 Å². The normalized spacial score (nSPS) is 18.4. The molecule has 0 aromatic carbocycles. The highest BCUT2D eigenvalue weighted by Crippen LogP contribution is 2.18. The molecule has 3 nitrogen and oxygen atoms in total. The highest BCUT2D eigenvalue weighted by molar-refractivity contribution is 6.30. The van der Waals surface area contributed by atoms with E-state index in [1.165, 1.54) is 25.9 Å². The first kappa shape index (κ1) is 13.8. The van der Waals surface area contributed by atoms with Crippen LogP contribution < -0.4 is 0 Å². The van der Waals surface area contributed by atoms with Crippen molar-refractivity contribution in [2.75, 3.05) is 33.7 Å². The summed E-state index contributed by atoms with van der Waals surface area (Å²) in [4.78, 5) is 9.12. The minimum atomic E-state index is 0.771. The lowest BCUT2D eigenvalue weighted by Gasteiger charge is -2.31. The maximum absolute atomic E-state index is 5.97. The molecule has 0 spiro atoms. The fourth-order valence-corrected chi connectivity index (χ4v) is 2.74. The Morgan fingerprint density at radius 1 is 1.44 bits per heavy atom. The van der Waals surface area contributed by atoms with Crippen LogP contribution in [-0.2, 0) is 6.54 Å². The van der Waals surface area contributed by atoms with Gasteiger partial charge < -0.3 is 9.80 Å². The molecule has 2 rings (SSSR count). The van der Waals surface area contributed by atoms with Crippen molar-refractivity contribution in [3.8, 4) is 0 Å². The summed E-state index contributed by atoms with van der Waals surface area (Å²) < 4.78 is 0. The van der Waals surface area contributed by atoms with E-state index >= 15 is 0 Å². The lowest BCUT2D eigenvalue weighted by molar-refractivity contribution is 0.172. The quantitative estimate of drug-likeness (QED) is 0.836. The standard InChI is InChI=1S/C14H22ClN3/c1-17-7-4-12(5-8-17)10-18(2)11-14-9-13(15)3-6-16-14/h3,6,9,12H,4-5,7-8,10-11H2,1-2H3. The van der Waals surface area contributed by atoms with E-state index in [-0.39, 0.29) is 0 Å². The van der Waals surface area contributed by atoms with Crippen LogP contribution in [0.4, 0.5) is 0 Å². The van der Waals surface area contributed by atoms with Crippen LogP contribution in [0.2, 0.25) is 5.02 Å². The number of halogens is 1. The number of nitrogens with zero attached hydrogens (tertiary/aromatic N) is 3. The van der Waals surface area contributed by atoms with Gasteiger partial charge in [-0.25, -0.2) is 0 Å². The number of aromatic nitrogens is 1. The SMILES string of the molecule is CN1CCC(CN(C)Cc2cc(Cl)ccn2)CC1. The molecule has 1 aliphatic heterocycles. The molecule has 0 atom stereocenters. The first-order chi connectivity index (χ1) is 8.63. The van der Waals surface area contributed by atoms with Crippen LogP contribution in [-0.4, -0.2) is 48.5 Å². The maximum Gasteiger partial charge on any atom is 0.0558 e. The average Bonchev–Trinajstić information content (AvgIpc) is 2.32. The Morgan fingerprint density at radius 2 is 2.17 bits per heavy atom. The second kappa shape index (κ2) is 6.50. The van der Waals surface area contributed by atoms with E-state index < -0.39 is 0 Å². The van der Waals surface area contributed by atoms with Crippen molar-refractivity contribution < 1.29 is 0 Å². The average molecular weight is 268 g/mol. The highest BCUT2D eigenvalue weighted by atomic mass is 35.5. The minimum absolute atomic E-state index is 0.771. The van der Waals surface area contributed by atoms with Crippen LogP contribution in [0.1, 0.15) is 18.5 Å². The van der Waals surface area contributed by atoms with Crippen molar-refractivity contribution in [2.24, 2.45) is 5.92 Å². The molecular weight excluding hydrogens is 246 g/mol. The fraction of sp³-hybridized carbons (Fsp3) is 0.643. The van der Waals surface area contributed by atoms with Crippen molar-refractivity contribution in [3.63, 3.8) is 0 Å². The van der Waals surface area contributed by atoms with Crippen molar-refractivity contribution >= 4 is 11.6 Å². The van der Waals surface area contributed by atoms with E-state index in [9.17, 15) is 0 Å². The lowest BCUT2D eigenvalue weighted by Crippen LogP contribution is -2.35. The third kappa shape index (κ3) is 4.23. The zero-order valence-corrected chi connectivity index (χ0v) is 12.0. The van der Waals surface area contributed by atoms with Crippen LogP contribution in [0.25, 0.3) is 0 Å². The Balaban J connectivity index is 1.80. The molecule has 2 heterocycles. The fourth-order valence-electron chi connectivity index (χ4n) is 2.56. The predicted octanol–water partition coefficient (Wildman–Crippen LogP) is 2.51. The van der Waals surface area contributed by atoms with Crippen molar-refractivity contribution in [3.05, 3.63) is 29.0 Å². The summed E-state index contributed by atoms with van der Waals surface area (Å²) >= 11 is 5.97. The monoisotopic (exact) mass is 267 g/mol. The van der Waals surface area contributed by atoms with Gasteiger partial charge >= 0.3 is 0 Å². The van der Waals surface area contributed by atoms with Gasteiger partial charge in [-0.05, 0) is 58.1 Å². The van der Waals surface area contributed by atoms with Crippen LogP contribution in [0, 0.1) is 5.92 Å². The zero-order valence-electron chi connectivity index (χ0n) is 11.3. The van der Waals surface area contributed by atoms with Crippen LogP contribution in [0.3, 0.4) is 0 Å². The molecule has 100 valence electrons. The van der Waals surface area contributed by atoms with Crippen molar-refractivity contribution in [2.45, 2.75) is 19.4 Å². The molecule has 0 saturated carbocycles. The van der Waals surface area contributed by atoms with Gasteiger partial charge in [0, 0.05) is 24.3 Å². The van der Waals surface area contributed by atoms with Crippen LogP contribution >= 0.6 is 11.6 Å². The van der Waals surface area contributed by atoms with Gasteiger partial charge in [0.25, 0.3) is 0 Å². The number of piperidine rings is 1. The Hall–Kier alpha value is -0.640. The lowest BCUT2D eigenvalue weighted by atomic mass is 9.96. The topological polar surface area (TPSA) is 19.4 Å². The van der Waals surface area contributed by atoms with E-state index in [2.05, 4.69) is 28.9 Å². The summed E-state index contributed by atoms with van der Waals surface area (Å²) in [7, 11) is 4.37. The summed E-state index contributed by atoms with van der Waals surface area (Å²) in [5.74, 6) is 0.824. The first-order valence-corrected chi connectivity index (χ1v) is 6.99. The van der Waals surface area contributed by atoms with E-state index in [1.54, 1.807) is 6.20 Å². The van der Waals surface area contributed by atoms with Crippen molar-refractivity contribution in [1.82, 2.24) is 14.8 Å². The Bertz CT molecular complexity index is 375. The Morgan fingerprint density at radius 3 is 2.83 bits per heavy atom. The van der Waals surface area contributed by atoms with Gasteiger partial charge in [0.05, 0.1) is 5.69 Å². The molecule has 1 aromatic heterocycles. The summed E-state index contributed by atoms with van der Waals surface area (Å²) in [6, 6.07) is 3.77. The summed E-state index contributed by atoms with van der Waals surface area (Å²) in [5.41, 5.74) is 1.05. The molecule has 0 bridgehead atoms. The maximum atomic E-state index is 5.97. The number of hydrogen-bond acceptors (Lipinski definition) is 3. The van der Waals surface area contributed by atoms with Crippen LogP contribution in [0.5, 0.6) is 0 Å². The van der Waals surface area contributed by atoms with Gasteiger partial charge in [-0.1, -0.05) is 11.6 Å². The molecule has 0 aliphatic carbocycles. The van der Waals surface area contributed by atoms with E-state index in [0.717, 1.165) is 29.7 Å². The molecule has 0 unspecified atom stereocenters. The molecule has 1 aliphatic rings. The van der Waals surface area contributed by atoms with Gasteiger partial charge in [0.2, 0.25) is 0 Å². The highest BCUT2D eigenvalue weighted by Gasteiger charge is 2.18. The number of pyridine rings is 1. The van der Waals surface area contributed by atoms with E-state index in [1.807, 2.05) is 12.1 Å². The molecule has 1 saturated heterocycles. The second-order valence-corrected chi connectivity index (χ2v) is 5.85. The van der Waals surface area contributed by atoms with Gasteiger partial charge in [-0.3, -0.25) is 4.98 Å². The smallest absolute Gasteiger partial charge is 0.0558 e. The van der Waals surface area contributed by atoms with Gasteiger partial charge in [-0.2, -0.15) is 0 Å². The molecule has 1 fully saturated rings. The Labute approximate surface area is 115 Å². The summed E-state index contributed by atoms with van der Waals surface area (Å²) in [6.45, 7) is 4.50. The van der Waals surface area contributed by atoms with Crippen LogP contribution in [0.15, 0.2) is 18.3 Å². The minimum Gasteiger partial charge on any atom is -0.306 e. The first-order valence-electron chi connectivity index (χ1n) is 6.61. The molecule has 0 radical (unpaired) electrons. The summed E-state index contributed by atoms with van der Waals surface area (Å²) in [5, 5.41) is 0.771. The molecule has 18 heavy (non-hydrogen) atoms. The number of likely N-dealkylation sites (tertiary alicyclic amines) is 1. The summed E-state index contributed by atoms with van der Waals surface area (Å²) in [6.07, 6.45) is 4.40. The largest absolute Gasteiger partial charge is 0.306 e. The number of rotatable bonds is 4.